The van der Waals surface area contributed by atoms with Crippen molar-refractivity contribution in [2.45, 2.75) is 33.0 Å². The molecule has 72 valence electrons. The zero-order valence-electron chi connectivity index (χ0n) is 8.38. The van der Waals surface area contributed by atoms with Crippen molar-refractivity contribution in [2.75, 3.05) is 0 Å². The van der Waals surface area contributed by atoms with Crippen LogP contribution >= 0.6 is 0 Å². The number of hydrogen-bond donors (Lipinski definition) is 2. The van der Waals surface area contributed by atoms with Crippen LogP contribution in [0.15, 0.2) is 24.3 Å². The van der Waals surface area contributed by atoms with Crippen LogP contribution in [0.2, 0.25) is 0 Å². The molecular weight excluding hydrogens is 160 g/mol. The lowest BCUT2D eigenvalue weighted by Crippen LogP contribution is -2.21. The van der Waals surface area contributed by atoms with Gasteiger partial charge in [0.2, 0.25) is 0 Å². The van der Waals surface area contributed by atoms with Gasteiger partial charge in [0.05, 0.1) is 0 Å². The third kappa shape index (κ3) is 3.57. The Bertz CT molecular complexity index is 256. The summed E-state index contributed by atoms with van der Waals surface area (Å²) in [7, 11) is 0. The fraction of sp³-hybridized carbons (Fsp3) is 0.455. The fourth-order valence-electron chi connectivity index (χ4n) is 1.19. The van der Waals surface area contributed by atoms with Crippen molar-refractivity contribution >= 4 is 0 Å². The standard InChI is InChI=1S/C11H18N2/c1-9(2)13-8-11-5-3-4-10(6-11)7-12/h3-6,9,13H,7-8,12H2,1-2H3. The Labute approximate surface area is 80.1 Å². The van der Waals surface area contributed by atoms with Gasteiger partial charge < -0.3 is 11.1 Å². The van der Waals surface area contributed by atoms with Gasteiger partial charge in [-0.15, -0.1) is 0 Å². The first-order valence-corrected chi connectivity index (χ1v) is 4.73. The molecule has 2 nitrogen and oxygen atoms in total. The lowest BCUT2D eigenvalue weighted by molar-refractivity contribution is 0.588. The van der Waals surface area contributed by atoms with Crippen LogP contribution in [0, 0.1) is 0 Å². The van der Waals surface area contributed by atoms with Crippen LogP contribution in [0.5, 0.6) is 0 Å². The summed E-state index contributed by atoms with van der Waals surface area (Å²) in [5, 5.41) is 3.37. The molecule has 0 bridgehead atoms. The normalized spacial score (nSPS) is 10.8. The zero-order chi connectivity index (χ0) is 9.68. The molecule has 2 heteroatoms. The molecule has 0 saturated carbocycles. The quantitative estimate of drug-likeness (QED) is 0.735. The maximum absolute atomic E-state index is 5.55. The smallest absolute Gasteiger partial charge is 0.0207 e. The molecule has 0 aromatic heterocycles. The molecule has 0 saturated heterocycles. The second-order valence-corrected chi connectivity index (χ2v) is 3.56. The highest BCUT2D eigenvalue weighted by molar-refractivity contribution is 5.23. The lowest BCUT2D eigenvalue weighted by Gasteiger charge is -2.08. The molecule has 0 atom stereocenters. The van der Waals surface area contributed by atoms with E-state index >= 15 is 0 Å². The number of hydrogen-bond acceptors (Lipinski definition) is 2. The van der Waals surface area contributed by atoms with Gasteiger partial charge in [-0.3, -0.25) is 0 Å². The predicted octanol–water partition coefficient (Wildman–Crippen LogP) is 1.64. The number of rotatable bonds is 4. The van der Waals surface area contributed by atoms with E-state index < -0.39 is 0 Å². The Hall–Kier alpha value is -0.860. The van der Waals surface area contributed by atoms with Crippen LogP contribution in [0.3, 0.4) is 0 Å². The molecule has 0 aliphatic heterocycles. The van der Waals surface area contributed by atoms with Gasteiger partial charge in [0.15, 0.2) is 0 Å². The Morgan fingerprint density at radius 2 is 2.00 bits per heavy atom. The minimum absolute atomic E-state index is 0.529. The summed E-state index contributed by atoms with van der Waals surface area (Å²) < 4.78 is 0. The number of nitrogens with one attached hydrogen (secondary N) is 1. The molecule has 1 aromatic carbocycles. The molecule has 0 unspecified atom stereocenters. The van der Waals surface area contributed by atoms with Crippen LogP contribution in [0.25, 0.3) is 0 Å². The van der Waals surface area contributed by atoms with Crippen LogP contribution in [-0.4, -0.2) is 6.04 Å². The molecule has 3 N–H and O–H groups in total. The van der Waals surface area contributed by atoms with Crippen molar-refractivity contribution in [3.63, 3.8) is 0 Å². The summed E-state index contributed by atoms with van der Waals surface area (Å²) in [6, 6.07) is 8.91. The summed E-state index contributed by atoms with van der Waals surface area (Å²) in [5.74, 6) is 0. The molecule has 0 radical (unpaired) electrons. The van der Waals surface area contributed by atoms with Gasteiger partial charge in [0, 0.05) is 19.1 Å². The van der Waals surface area contributed by atoms with Gasteiger partial charge in [-0.1, -0.05) is 38.1 Å². The van der Waals surface area contributed by atoms with E-state index in [1.165, 1.54) is 11.1 Å². The highest BCUT2D eigenvalue weighted by Gasteiger charge is 1.95. The summed E-state index contributed by atoms with van der Waals surface area (Å²) in [6.07, 6.45) is 0. The first-order chi connectivity index (χ1) is 6.22. The van der Waals surface area contributed by atoms with E-state index in [1.54, 1.807) is 0 Å². The van der Waals surface area contributed by atoms with Crippen molar-refractivity contribution in [2.24, 2.45) is 5.73 Å². The van der Waals surface area contributed by atoms with Crippen molar-refractivity contribution in [3.05, 3.63) is 35.4 Å². The van der Waals surface area contributed by atoms with Crippen molar-refractivity contribution < 1.29 is 0 Å². The Morgan fingerprint density at radius 3 is 2.62 bits per heavy atom. The van der Waals surface area contributed by atoms with Gasteiger partial charge in [0.25, 0.3) is 0 Å². The molecule has 13 heavy (non-hydrogen) atoms. The first kappa shape index (κ1) is 10.2. The molecule has 1 rings (SSSR count). The van der Waals surface area contributed by atoms with Crippen molar-refractivity contribution in [1.29, 1.82) is 0 Å². The Balaban J connectivity index is 2.56. The minimum atomic E-state index is 0.529. The third-order valence-corrected chi connectivity index (χ3v) is 1.94. The van der Waals surface area contributed by atoms with Gasteiger partial charge in [-0.05, 0) is 11.1 Å². The molecule has 0 aliphatic carbocycles. The molecule has 0 spiro atoms. The Morgan fingerprint density at radius 1 is 1.31 bits per heavy atom. The second kappa shape index (κ2) is 5.00. The Kier molecular flexibility index (Phi) is 3.93. The summed E-state index contributed by atoms with van der Waals surface area (Å²) in [6.45, 7) is 5.83. The van der Waals surface area contributed by atoms with Crippen molar-refractivity contribution in [1.82, 2.24) is 5.32 Å². The molecule has 0 fully saturated rings. The number of benzene rings is 1. The largest absolute Gasteiger partial charge is 0.326 e. The third-order valence-electron chi connectivity index (χ3n) is 1.94. The van der Waals surface area contributed by atoms with Gasteiger partial charge in [0.1, 0.15) is 0 Å². The van der Waals surface area contributed by atoms with Crippen LogP contribution in [0.1, 0.15) is 25.0 Å². The van der Waals surface area contributed by atoms with Crippen LogP contribution in [0.4, 0.5) is 0 Å². The average molecular weight is 178 g/mol. The van der Waals surface area contributed by atoms with E-state index in [0.717, 1.165) is 6.54 Å². The van der Waals surface area contributed by atoms with Crippen LogP contribution in [-0.2, 0) is 13.1 Å². The maximum Gasteiger partial charge on any atom is 0.0207 e. The van der Waals surface area contributed by atoms with Gasteiger partial charge in [-0.2, -0.15) is 0 Å². The van der Waals surface area contributed by atoms with Crippen LogP contribution < -0.4 is 11.1 Å². The monoisotopic (exact) mass is 178 g/mol. The minimum Gasteiger partial charge on any atom is -0.326 e. The van der Waals surface area contributed by atoms with E-state index in [4.69, 9.17) is 5.73 Å². The van der Waals surface area contributed by atoms with E-state index in [0.29, 0.717) is 12.6 Å². The van der Waals surface area contributed by atoms with E-state index in [1.807, 2.05) is 0 Å². The van der Waals surface area contributed by atoms with E-state index in [2.05, 4.69) is 43.4 Å². The topological polar surface area (TPSA) is 38.0 Å². The lowest BCUT2D eigenvalue weighted by atomic mass is 10.1. The SMILES string of the molecule is CC(C)NCc1cccc(CN)c1. The first-order valence-electron chi connectivity index (χ1n) is 4.73. The van der Waals surface area contributed by atoms with Gasteiger partial charge >= 0.3 is 0 Å². The van der Waals surface area contributed by atoms with Gasteiger partial charge in [-0.25, -0.2) is 0 Å². The summed E-state index contributed by atoms with van der Waals surface area (Å²) in [5.41, 5.74) is 8.05. The van der Waals surface area contributed by atoms with E-state index in [-0.39, 0.29) is 0 Å². The summed E-state index contributed by atoms with van der Waals surface area (Å²) in [4.78, 5) is 0. The highest BCUT2D eigenvalue weighted by atomic mass is 14.9. The predicted molar refractivity (Wildman–Crippen MR) is 56.3 cm³/mol. The number of nitrogens with two attached hydrogens (primary N) is 1. The maximum atomic E-state index is 5.55. The molecule has 0 heterocycles. The molecule has 1 aromatic rings. The molecule has 0 aliphatic rings. The fourth-order valence-corrected chi connectivity index (χ4v) is 1.19. The molecule has 0 amide bonds. The van der Waals surface area contributed by atoms with E-state index in [9.17, 15) is 0 Å². The highest BCUT2D eigenvalue weighted by Crippen LogP contribution is 2.04. The average Bonchev–Trinajstić information content (AvgIpc) is 2.15. The zero-order valence-corrected chi connectivity index (χ0v) is 8.38. The summed E-state index contributed by atoms with van der Waals surface area (Å²) >= 11 is 0. The molecular formula is C11H18N2. The second-order valence-electron chi connectivity index (χ2n) is 3.56. The van der Waals surface area contributed by atoms with Crippen molar-refractivity contribution in [3.8, 4) is 0 Å².